The van der Waals surface area contributed by atoms with E-state index < -0.39 is 0 Å². The zero-order chi connectivity index (χ0) is 53.1. The fraction of sp³-hybridized carbons (Fsp3) is 0.425. The van der Waals surface area contributed by atoms with E-state index in [2.05, 4.69) is 219 Å². The van der Waals surface area contributed by atoms with Gasteiger partial charge in [-0.3, -0.25) is 0 Å². The molecule has 1 saturated carbocycles. The zero-order valence-corrected chi connectivity index (χ0v) is 48.5. The molecule has 390 valence electrons. The maximum absolute atomic E-state index is 2.90. The molecule has 77 heavy (non-hydrogen) atoms. The predicted octanol–water partition coefficient (Wildman–Crippen LogP) is 16.3. The second-order valence-corrected chi connectivity index (χ2v) is 30.4. The third kappa shape index (κ3) is 7.00. The Kier molecular flexibility index (Phi) is 9.78. The van der Waals surface area contributed by atoms with Gasteiger partial charge in [0.1, 0.15) is 0 Å². The molecule has 3 aliphatic heterocycles. The van der Waals surface area contributed by atoms with Crippen molar-refractivity contribution in [1.29, 1.82) is 0 Å². The minimum Gasteiger partial charge on any atom is -0.334 e. The fourth-order valence-corrected chi connectivity index (χ4v) is 17.8. The van der Waals surface area contributed by atoms with Crippen molar-refractivity contribution >= 4 is 68.6 Å². The summed E-state index contributed by atoms with van der Waals surface area (Å²) in [5.41, 5.74) is 32.2. The van der Waals surface area contributed by atoms with E-state index in [4.69, 9.17) is 0 Å². The van der Waals surface area contributed by atoms with E-state index in [0.29, 0.717) is 0 Å². The molecule has 0 aromatic heterocycles. The highest BCUT2D eigenvalue weighted by molar-refractivity contribution is 7.00. The average molecular weight is 1010 g/mol. The van der Waals surface area contributed by atoms with Crippen molar-refractivity contribution in [2.24, 2.45) is 21.7 Å². The highest BCUT2D eigenvalue weighted by Gasteiger charge is 2.62. The number of hydrogen-bond donors (Lipinski definition) is 0. The lowest BCUT2D eigenvalue weighted by molar-refractivity contribution is 0.215. The first kappa shape index (κ1) is 48.2. The third-order valence-corrected chi connectivity index (χ3v) is 20.9. The number of nitrogens with zero attached hydrogens (tertiary/aromatic N) is 3. The largest absolute Gasteiger partial charge is 0.334 e. The second-order valence-electron chi connectivity index (χ2n) is 30.4. The van der Waals surface area contributed by atoms with Gasteiger partial charge in [-0.1, -0.05) is 156 Å². The van der Waals surface area contributed by atoms with Crippen LogP contribution in [0.4, 0.5) is 45.5 Å². The quantitative estimate of drug-likeness (QED) is 0.163. The second kappa shape index (κ2) is 15.6. The fourth-order valence-electron chi connectivity index (χ4n) is 17.8. The van der Waals surface area contributed by atoms with E-state index >= 15 is 0 Å². The molecule has 2 unspecified atom stereocenters. The van der Waals surface area contributed by atoms with E-state index in [-0.39, 0.29) is 44.7 Å². The lowest BCUT2D eigenvalue weighted by Crippen LogP contribution is -2.62. The number of rotatable bonds is 4. The number of fused-ring (bicyclic) bond motifs is 11. The standard InChI is InChI=1S/C73H80BN3/c1-67(2,3)54-22-25-61-58(34-54)73(53-18-14-13-15-19-53)27-17-16-26-72(73,12)77(61)57-35-64-66-65(36-57)76(56-24-21-46-38-69(6,7)40-48(46)29-56)63-33-52-44-71(10,11)42-50(52)31-60(63)74(66)59-30-49-41-70(8,9)43-51(49)32-62(59)75(64)55-23-20-45-37-68(4,5)39-47(45)28-55/h13-15,18-25,28-36H,16-17,26-27,37-44H2,1-12H3. The van der Waals surface area contributed by atoms with Gasteiger partial charge in [-0.05, 0) is 230 Å². The van der Waals surface area contributed by atoms with Crippen LogP contribution in [0.5, 0.6) is 0 Å². The minimum atomic E-state index is -0.238. The highest BCUT2D eigenvalue weighted by Crippen LogP contribution is 2.65. The van der Waals surface area contributed by atoms with Gasteiger partial charge in [-0.15, -0.1) is 0 Å². The lowest BCUT2D eigenvalue weighted by Gasteiger charge is -2.53. The van der Waals surface area contributed by atoms with E-state index in [1.54, 1.807) is 11.1 Å². The Morgan fingerprint density at radius 2 is 0.857 bits per heavy atom. The number of hydrogen-bond acceptors (Lipinski definition) is 3. The summed E-state index contributed by atoms with van der Waals surface area (Å²) in [6.07, 6.45) is 13.6. The molecule has 3 heterocycles. The van der Waals surface area contributed by atoms with Gasteiger partial charge in [0, 0.05) is 50.9 Å². The van der Waals surface area contributed by atoms with Gasteiger partial charge in [0.2, 0.25) is 0 Å². The summed E-state index contributed by atoms with van der Waals surface area (Å²) in [6.45, 7) is 29.7. The molecule has 5 aliphatic carbocycles. The molecule has 7 aromatic carbocycles. The van der Waals surface area contributed by atoms with Crippen molar-refractivity contribution in [2.45, 2.75) is 177 Å². The minimum absolute atomic E-state index is 0.0130. The van der Waals surface area contributed by atoms with Crippen LogP contribution in [0.2, 0.25) is 0 Å². The Hall–Kier alpha value is -6.00. The molecule has 8 aliphatic rings. The molecular weight excluding hydrogens is 930 g/mol. The Bertz CT molecular complexity index is 3530. The molecular formula is C73H80BN3. The zero-order valence-electron chi connectivity index (χ0n) is 48.5. The monoisotopic (exact) mass is 1010 g/mol. The van der Waals surface area contributed by atoms with Crippen LogP contribution in [-0.4, -0.2) is 12.3 Å². The molecule has 0 N–H and O–H groups in total. The molecule has 0 bridgehead atoms. The average Bonchev–Trinajstić information content (AvgIpc) is 3.85. The van der Waals surface area contributed by atoms with Crippen LogP contribution in [0.15, 0.2) is 121 Å². The summed E-state index contributed by atoms with van der Waals surface area (Å²) in [5.74, 6) is 0. The van der Waals surface area contributed by atoms with Crippen LogP contribution in [0.25, 0.3) is 0 Å². The van der Waals surface area contributed by atoms with Crippen molar-refractivity contribution in [3.8, 4) is 0 Å². The topological polar surface area (TPSA) is 9.72 Å². The SMILES string of the molecule is CC1(C)Cc2ccc(N3c4cc5c(cc4B4c6cc7c(cc6N(c6ccc8c(c6)CC(C)(C)C8)c6cc(N8c9ccc(C(C)(C)C)cc9C9(c%10ccccc%10)CCCCC89C)cc3c64)CC(C)(C)C7)CC(C)(C)C5)cc2C1. The van der Waals surface area contributed by atoms with Gasteiger partial charge >= 0.3 is 0 Å². The maximum atomic E-state index is 2.90. The normalized spacial score (nSPS) is 23.9. The van der Waals surface area contributed by atoms with Crippen LogP contribution >= 0.6 is 0 Å². The molecule has 7 aromatic rings. The van der Waals surface area contributed by atoms with E-state index in [0.717, 1.165) is 64.2 Å². The molecule has 0 saturated heterocycles. The first-order valence-corrected chi connectivity index (χ1v) is 29.8. The van der Waals surface area contributed by atoms with Crippen molar-refractivity contribution in [1.82, 2.24) is 0 Å². The first-order chi connectivity index (χ1) is 36.5. The molecule has 0 radical (unpaired) electrons. The van der Waals surface area contributed by atoms with E-state index in [9.17, 15) is 0 Å². The first-order valence-electron chi connectivity index (χ1n) is 29.8. The van der Waals surface area contributed by atoms with Crippen molar-refractivity contribution in [3.63, 3.8) is 0 Å². The number of benzene rings is 7. The summed E-state index contributed by atoms with van der Waals surface area (Å²) in [5, 5.41) is 0. The van der Waals surface area contributed by atoms with Gasteiger partial charge in [-0.2, -0.15) is 0 Å². The van der Waals surface area contributed by atoms with E-state index in [1.807, 2.05) is 0 Å². The summed E-state index contributed by atoms with van der Waals surface area (Å²) in [6, 6.07) is 50.8. The highest BCUT2D eigenvalue weighted by atomic mass is 15.3. The molecule has 0 amide bonds. The van der Waals surface area contributed by atoms with Gasteiger partial charge in [0.15, 0.2) is 0 Å². The lowest BCUT2D eigenvalue weighted by atomic mass is 9.33. The predicted molar refractivity (Wildman–Crippen MR) is 327 cm³/mol. The van der Waals surface area contributed by atoms with E-state index in [1.165, 1.54) is 125 Å². The summed E-state index contributed by atoms with van der Waals surface area (Å²) in [7, 11) is 0. The van der Waals surface area contributed by atoms with Gasteiger partial charge in [0.25, 0.3) is 6.71 Å². The van der Waals surface area contributed by atoms with Crippen LogP contribution in [0.1, 0.15) is 170 Å². The van der Waals surface area contributed by atoms with Crippen LogP contribution in [0.3, 0.4) is 0 Å². The molecule has 4 heteroatoms. The van der Waals surface area contributed by atoms with Gasteiger partial charge in [-0.25, -0.2) is 0 Å². The maximum Gasteiger partial charge on any atom is 0.252 e. The smallest absolute Gasteiger partial charge is 0.252 e. The summed E-state index contributed by atoms with van der Waals surface area (Å²) in [4.78, 5) is 8.47. The third-order valence-electron chi connectivity index (χ3n) is 20.9. The van der Waals surface area contributed by atoms with Crippen molar-refractivity contribution in [2.75, 3.05) is 14.7 Å². The van der Waals surface area contributed by atoms with Gasteiger partial charge < -0.3 is 14.7 Å². The molecule has 2 atom stereocenters. The number of anilines is 8. The molecule has 3 nitrogen and oxygen atoms in total. The molecule has 15 rings (SSSR count). The van der Waals surface area contributed by atoms with Gasteiger partial charge in [0.05, 0.1) is 5.54 Å². The van der Waals surface area contributed by atoms with Crippen molar-refractivity contribution in [3.05, 3.63) is 183 Å². The van der Waals surface area contributed by atoms with Crippen LogP contribution < -0.4 is 31.1 Å². The Morgan fingerprint density at radius 3 is 1.35 bits per heavy atom. The molecule has 1 fully saturated rings. The van der Waals surface area contributed by atoms with Crippen molar-refractivity contribution < 1.29 is 0 Å². The summed E-state index contributed by atoms with van der Waals surface area (Å²) < 4.78 is 0. The molecule has 0 spiro atoms. The Balaban J connectivity index is 1.06. The Labute approximate surface area is 461 Å². The summed E-state index contributed by atoms with van der Waals surface area (Å²) >= 11 is 0. The Morgan fingerprint density at radius 1 is 0.403 bits per heavy atom. The van der Waals surface area contributed by atoms with Crippen LogP contribution in [-0.2, 0) is 62.2 Å². The van der Waals surface area contributed by atoms with Crippen LogP contribution in [0, 0.1) is 21.7 Å².